The van der Waals surface area contributed by atoms with Crippen LogP contribution in [0.1, 0.15) is 85.8 Å². The van der Waals surface area contributed by atoms with Crippen LogP contribution in [0.2, 0.25) is 16.6 Å². The molecule has 9 nitrogen and oxygen atoms in total. The van der Waals surface area contributed by atoms with E-state index in [1.807, 2.05) is 10.8 Å². The molecule has 1 amide bonds. The average Bonchev–Trinajstić information content (AvgIpc) is 3.02. The van der Waals surface area contributed by atoms with Crippen molar-refractivity contribution in [3.63, 3.8) is 0 Å². The highest BCUT2D eigenvalue weighted by molar-refractivity contribution is 6.90. The topological polar surface area (TPSA) is 95.4 Å². The minimum atomic E-state index is -2.03. The van der Waals surface area contributed by atoms with Crippen molar-refractivity contribution in [2.45, 2.75) is 103 Å². The Bertz CT molecular complexity index is 1650. The third-order valence-corrected chi connectivity index (χ3v) is 16.8. The second-order valence-corrected chi connectivity index (χ2v) is 20.1. The lowest BCUT2D eigenvalue weighted by Crippen LogP contribution is -2.44. The maximum absolute atomic E-state index is 14.0. The summed E-state index contributed by atoms with van der Waals surface area (Å²) in [6.45, 7) is 19.5. The summed E-state index contributed by atoms with van der Waals surface area (Å²) in [6.07, 6.45) is 5.04. The number of nitrogens with zero attached hydrogens (tertiary/aromatic N) is 5. The Hall–Kier alpha value is -3.68. The van der Waals surface area contributed by atoms with Crippen LogP contribution < -0.4 is 21.1 Å². The lowest BCUT2D eigenvalue weighted by atomic mass is 9.90. The number of hydrogen-bond acceptors (Lipinski definition) is 7. The van der Waals surface area contributed by atoms with E-state index >= 15 is 0 Å². The van der Waals surface area contributed by atoms with Gasteiger partial charge in [-0.15, -0.1) is 5.54 Å². The molecule has 1 aromatic carbocycles. The molecule has 0 bridgehead atoms. The summed E-state index contributed by atoms with van der Waals surface area (Å²) in [5.41, 5.74) is 8.58. The van der Waals surface area contributed by atoms with Crippen LogP contribution in [-0.4, -0.2) is 72.7 Å². The molecule has 252 valence electrons. The van der Waals surface area contributed by atoms with Crippen LogP contribution in [0, 0.1) is 11.5 Å². The van der Waals surface area contributed by atoms with Crippen molar-refractivity contribution in [3.05, 3.63) is 52.4 Å². The number of hydrogen-bond donors (Lipinski definition) is 2. The molecule has 3 aromatic rings. The first kappa shape index (κ1) is 34.6. The van der Waals surface area contributed by atoms with Gasteiger partial charge in [0, 0.05) is 74.4 Å². The summed E-state index contributed by atoms with van der Waals surface area (Å²) in [4.78, 5) is 40.2. The zero-order valence-corrected chi connectivity index (χ0v) is 30.6. The van der Waals surface area contributed by atoms with Gasteiger partial charge in [-0.05, 0) is 73.6 Å². The van der Waals surface area contributed by atoms with Crippen molar-refractivity contribution in [3.8, 4) is 11.5 Å². The highest BCUT2D eigenvalue weighted by atomic mass is 28.3. The number of fused-ring (bicyclic) bond motifs is 1. The predicted molar refractivity (Wildman–Crippen MR) is 196 cm³/mol. The van der Waals surface area contributed by atoms with E-state index in [0.717, 1.165) is 62.9 Å². The monoisotopic (exact) mass is 655 g/mol. The van der Waals surface area contributed by atoms with Gasteiger partial charge in [0.15, 0.2) is 0 Å². The van der Waals surface area contributed by atoms with Crippen molar-refractivity contribution >= 4 is 42.3 Å². The van der Waals surface area contributed by atoms with E-state index in [1.165, 1.54) is 5.69 Å². The van der Waals surface area contributed by atoms with Crippen LogP contribution in [-0.2, 0) is 4.79 Å². The number of carbonyl (C=O) groups is 1. The van der Waals surface area contributed by atoms with Crippen LogP contribution in [0.4, 0.5) is 17.3 Å². The number of rotatable bonds is 8. The fourth-order valence-corrected chi connectivity index (χ4v) is 13.2. The van der Waals surface area contributed by atoms with Crippen molar-refractivity contribution in [2.24, 2.45) is 0 Å². The molecule has 0 radical (unpaired) electrons. The molecule has 0 atom stereocenters. The summed E-state index contributed by atoms with van der Waals surface area (Å²) in [5.74, 6) is 3.96. The van der Waals surface area contributed by atoms with Gasteiger partial charge in [0.05, 0.1) is 5.39 Å². The van der Waals surface area contributed by atoms with E-state index in [0.29, 0.717) is 33.8 Å². The molecule has 1 saturated carbocycles. The second kappa shape index (κ2) is 14.6. The van der Waals surface area contributed by atoms with E-state index in [-0.39, 0.29) is 23.6 Å². The lowest BCUT2D eigenvalue weighted by Gasteiger charge is -2.38. The van der Waals surface area contributed by atoms with Crippen LogP contribution in [0.5, 0.6) is 0 Å². The molecule has 3 heterocycles. The van der Waals surface area contributed by atoms with Gasteiger partial charge in [0.1, 0.15) is 13.7 Å². The minimum Gasteiger partial charge on any atom is -0.369 e. The quantitative estimate of drug-likeness (QED) is 0.212. The number of benzene rings is 1. The zero-order valence-electron chi connectivity index (χ0n) is 29.6. The van der Waals surface area contributed by atoms with Gasteiger partial charge >= 0.3 is 0 Å². The first-order valence-electron chi connectivity index (χ1n) is 17.4. The molecule has 0 unspecified atom stereocenters. The molecule has 1 aliphatic carbocycles. The van der Waals surface area contributed by atoms with E-state index in [9.17, 15) is 9.59 Å². The van der Waals surface area contributed by atoms with Crippen molar-refractivity contribution in [1.82, 2.24) is 24.8 Å². The molecule has 5 rings (SSSR count). The summed E-state index contributed by atoms with van der Waals surface area (Å²) < 4.78 is 1.85. The number of carbonyl (C=O) groups excluding carboxylic acids is 1. The average molecular weight is 656 g/mol. The Morgan fingerprint density at radius 1 is 0.936 bits per heavy atom. The molecule has 47 heavy (non-hydrogen) atoms. The summed E-state index contributed by atoms with van der Waals surface area (Å²) in [6, 6.07) is 10.2. The van der Waals surface area contributed by atoms with Gasteiger partial charge in [-0.3, -0.25) is 14.2 Å². The molecule has 0 spiro atoms. The van der Waals surface area contributed by atoms with Crippen LogP contribution >= 0.6 is 0 Å². The van der Waals surface area contributed by atoms with Crippen LogP contribution in [0.3, 0.4) is 0 Å². The molecule has 1 aliphatic heterocycles. The molecule has 2 N–H and O–H groups in total. The molecule has 2 fully saturated rings. The SMILES string of the molecule is CC(=O)NC1CCC(n2c(=O)cc(C#C[Si](C(C)C)(C(C)C)C(C)C)c3cnc(Nc4ccc(N5CCN(C)CC5)cc4)nc32)CC1. The standard InChI is InChI=1S/C37H53N7O2Si/c1-25(2)47(26(3)4,27(5)6)22-17-29-23-35(46)44(33-15-11-30(12-16-33)39-28(7)45)36-34(29)24-38-37(41-36)40-31-9-13-32(14-10-31)43-20-18-42(8)19-21-43/h9-10,13-14,23-27,30,33H,11-12,15-16,18-21H2,1-8H3,(H,39,45)(H,38,40,41). The van der Waals surface area contributed by atoms with E-state index < -0.39 is 8.07 Å². The lowest BCUT2D eigenvalue weighted by molar-refractivity contribution is -0.119. The van der Waals surface area contributed by atoms with Gasteiger partial charge in [0.25, 0.3) is 5.56 Å². The van der Waals surface area contributed by atoms with Gasteiger partial charge in [0.2, 0.25) is 11.9 Å². The molecule has 2 aliphatic rings. The van der Waals surface area contributed by atoms with Crippen molar-refractivity contribution in [1.29, 1.82) is 0 Å². The summed E-state index contributed by atoms with van der Waals surface area (Å²) in [5, 5.41) is 7.25. The second-order valence-electron chi connectivity index (χ2n) is 14.5. The Balaban J connectivity index is 1.52. The van der Waals surface area contributed by atoms with Gasteiger partial charge in [-0.1, -0.05) is 47.5 Å². The first-order valence-corrected chi connectivity index (χ1v) is 19.6. The maximum Gasteiger partial charge on any atom is 0.253 e. The van der Waals surface area contributed by atoms with Crippen molar-refractivity contribution < 1.29 is 4.79 Å². The normalized spacial score (nSPS) is 19.3. The number of likely N-dealkylation sites (N-methyl/N-ethyl adjacent to an activating group) is 1. The third-order valence-electron chi connectivity index (χ3n) is 10.5. The van der Waals surface area contributed by atoms with E-state index in [4.69, 9.17) is 9.97 Å². The van der Waals surface area contributed by atoms with Gasteiger partial charge in [-0.2, -0.15) is 4.98 Å². The zero-order chi connectivity index (χ0) is 33.9. The number of aromatic nitrogens is 3. The number of anilines is 3. The van der Waals surface area contributed by atoms with Crippen molar-refractivity contribution in [2.75, 3.05) is 43.4 Å². The molecule has 10 heteroatoms. The molecular formula is C37H53N7O2Si. The number of nitrogens with one attached hydrogen (secondary N) is 2. The van der Waals surface area contributed by atoms with E-state index in [1.54, 1.807) is 13.0 Å². The first-order chi connectivity index (χ1) is 22.4. The number of pyridine rings is 1. The van der Waals surface area contributed by atoms with Gasteiger partial charge < -0.3 is 20.4 Å². The largest absolute Gasteiger partial charge is 0.369 e. The minimum absolute atomic E-state index is 0.0113. The Morgan fingerprint density at radius 3 is 2.13 bits per heavy atom. The maximum atomic E-state index is 14.0. The Morgan fingerprint density at radius 2 is 1.55 bits per heavy atom. The van der Waals surface area contributed by atoms with Crippen LogP contribution in [0.25, 0.3) is 11.0 Å². The Labute approximate surface area is 281 Å². The smallest absolute Gasteiger partial charge is 0.253 e. The highest BCUT2D eigenvalue weighted by Gasteiger charge is 2.41. The molecular weight excluding hydrogens is 603 g/mol. The summed E-state index contributed by atoms with van der Waals surface area (Å²) in [7, 11) is 0.136. The Kier molecular flexibility index (Phi) is 10.8. The molecule has 2 aromatic heterocycles. The van der Waals surface area contributed by atoms with E-state index in [2.05, 4.69) is 105 Å². The number of piperazine rings is 1. The summed E-state index contributed by atoms with van der Waals surface area (Å²) >= 11 is 0. The fraction of sp³-hybridized carbons (Fsp3) is 0.568. The molecule has 1 saturated heterocycles. The predicted octanol–water partition coefficient (Wildman–Crippen LogP) is 6.48. The van der Waals surface area contributed by atoms with Crippen LogP contribution in [0.15, 0.2) is 41.3 Å². The van der Waals surface area contributed by atoms with Gasteiger partial charge in [-0.25, -0.2) is 4.98 Å². The highest BCUT2D eigenvalue weighted by Crippen LogP contribution is 2.41. The fourth-order valence-electron chi connectivity index (χ4n) is 7.96. The third kappa shape index (κ3) is 7.57. The number of amides is 1.